The summed E-state index contributed by atoms with van der Waals surface area (Å²) in [4.78, 5) is 0. The monoisotopic (exact) mass is 284 g/mol. The van der Waals surface area contributed by atoms with Gasteiger partial charge in [-0.15, -0.1) is 0 Å². The van der Waals surface area contributed by atoms with Crippen molar-refractivity contribution >= 4 is 11.4 Å². The van der Waals surface area contributed by atoms with Crippen molar-refractivity contribution in [3.63, 3.8) is 0 Å². The molecule has 3 heteroatoms. The smallest absolute Gasteiger partial charge is 0.142 e. The van der Waals surface area contributed by atoms with Crippen molar-refractivity contribution in [3.05, 3.63) is 54.1 Å². The van der Waals surface area contributed by atoms with Gasteiger partial charge in [0.2, 0.25) is 0 Å². The molecule has 0 heterocycles. The lowest BCUT2D eigenvalue weighted by Crippen LogP contribution is -2.14. The highest BCUT2D eigenvalue weighted by Crippen LogP contribution is 2.23. The van der Waals surface area contributed by atoms with E-state index >= 15 is 0 Å². The Balaban J connectivity index is 1.79. The minimum atomic E-state index is 0.681. The summed E-state index contributed by atoms with van der Waals surface area (Å²) in [6.45, 7) is 6.56. The molecular weight excluding hydrogens is 260 g/mol. The third kappa shape index (κ3) is 4.71. The van der Waals surface area contributed by atoms with Gasteiger partial charge in [-0.3, -0.25) is 0 Å². The summed E-state index contributed by atoms with van der Waals surface area (Å²) in [6, 6.07) is 16.6. The van der Waals surface area contributed by atoms with Gasteiger partial charge in [0.25, 0.3) is 0 Å². The van der Waals surface area contributed by atoms with Gasteiger partial charge in [-0.1, -0.05) is 31.2 Å². The number of hydrogen-bond acceptors (Lipinski definition) is 3. The molecule has 0 spiro atoms. The number of para-hydroxylation sites is 2. The average molecular weight is 284 g/mol. The molecule has 2 aromatic carbocycles. The van der Waals surface area contributed by atoms with Crippen LogP contribution in [0.5, 0.6) is 5.75 Å². The largest absolute Gasteiger partial charge is 0.492 e. The van der Waals surface area contributed by atoms with Crippen molar-refractivity contribution in [1.82, 2.24) is 0 Å². The maximum atomic E-state index is 5.59. The fraction of sp³-hybridized carbons (Fsp3) is 0.333. The van der Waals surface area contributed by atoms with E-state index in [9.17, 15) is 0 Å². The van der Waals surface area contributed by atoms with E-state index in [0.29, 0.717) is 6.61 Å². The van der Waals surface area contributed by atoms with Gasteiger partial charge in [-0.05, 0) is 43.2 Å². The first-order valence-electron chi connectivity index (χ1n) is 7.62. The molecule has 21 heavy (non-hydrogen) atoms. The molecule has 0 fully saturated rings. The minimum absolute atomic E-state index is 0.681. The second-order valence-electron chi connectivity index (χ2n) is 4.83. The highest BCUT2D eigenvalue weighted by molar-refractivity contribution is 5.56. The summed E-state index contributed by atoms with van der Waals surface area (Å²) in [5.74, 6) is 0.910. The molecule has 0 bridgehead atoms. The van der Waals surface area contributed by atoms with Crippen molar-refractivity contribution in [1.29, 1.82) is 0 Å². The minimum Gasteiger partial charge on any atom is -0.492 e. The Morgan fingerprint density at radius 2 is 1.57 bits per heavy atom. The van der Waals surface area contributed by atoms with Crippen LogP contribution in [0.15, 0.2) is 48.5 Å². The summed E-state index contributed by atoms with van der Waals surface area (Å²) in [5, 5.41) is 6.82. The molecule has 0 amide bonds. The third-order valence-electron chi connectivity index (χ3n) is 3.32. The van der Waals surface area contributed by atoms with E-state index in [0.717, 1.165) is 36.6 Å². The number of aryl methyl sites for hydroxylation is 1. The molecule has 0 aromatic heterocycles. The Morgan fingerprint density at radius 3 is 2.29 bits per heavy atom. The molecule has 0 saturated heterocycles. The number of benzene rings is 2. The molecule has 2 rings (SSSR count). The summed E-state index contributed by atoms with van der Waals surface area (Å²) in [6.07, 6.45) is 1.08. The summed E-state index contributed by atoms with van der Waals surface area (Å²) in [7, 11) is 0. The summed E-state index contributed by atoms with van der Waals surface area (Å²) < 4.78 is 5.59. The van der Waals surface area contributed by atoms with Gasteiger partial charge in [-0.25, -0.2) is 0 Å². The Bertz CT molecular complexity index is 537. The molecule has 0 aliphatic heterocycles. The fourth-order valence-corrected chi connectivity index (χ4v) is 2.16. The second-order valence-corrected chi connectivity index (χ2v) is 4.83. The number of ether oxygens (including phenoxy) is 1. The SMILES string of the molecule is CCOc1ccccc1NCCNc1ccc(CC)cc1. The van der Waals surface area contributed by atoms with Crippen LogP contribution in [0.25, 0.3) is 0 Å². The Hall–Kier alpha value is -2.16. The summed E-state index contributed by atoms with van der Waals surface area (Å²) in [5.41, 5.74) is 3.57. The van der Waals surface area contributed by atoms with Crippen LogP contribution in [0.4, 0.5) is 11.4 Å². The quantitative estimate of drug-likeness (QED) is 0.714. The maximum absolute atomic E-state index is 5.59. The highest BCUT2D eigenvalue weighted by atomic mass is 16.5. The zero-order chi connectivity index (χ0) is 14.9. The van der Waals surface area contributed by atoms with Gasteiger partial charge in [-0.2, -0.15) is 0 Å². The number of nitrogens with one attached hydrogen (secondary N) is 2. The Morgan fingerprint density at radius 1 is 0.857 bits per heavy atom. The Kier molecular flexibility index (Phi) is 5.95. The predicted octanol–water partition coefficient (Wildman–Crippen LogP) is 4.17. The molecule has 0 aliphatic carbocycles. The lowest BCUT2D eigenvalue weighted by molar-refractivity contribution is 0.342. The van der Waals surface area contributed by atoms with Gasteiger partial charge in [0.05, 0.1) is 12.3 Å². The molecule has 0 unspecified atom stereocenters. The van der Waals surface area contributed by atoms with Gasteiger partial charge in [0.15, 0.2) is 0 Å². The van der Waals surface area contributed by atoms with E-state index in [2.05, 4.69) is 41.8 Å². The van der Waals surface area contributed by atoms with E-state index in [-0.39, 0.29) is 0 Å². The molecule has 112 valence electrons. The van der Waals surface area contributed by atoms with E-state index in [1.807, 2.05) is 31.2 Å². The predicted molar refractivity (Wildman–Crippen MR) is 90.4 cm³/mol. The molecule has 0 radical (unpaired) electrons. The lowest BCUT2D eigenvalue weighted by Gasteiger charge is -2.13. The molecule has 2 aromatic rings. The highest BCUT2D eigenvalue weighted by Gasteiger charge is 2.00. The van der Waals surface area contributed by atoms with Crippen molar-refractivity contribution in [3.8, 4) is 5.75 Å². The molecule has 0 atom stereocenters. The molecule has 2 N–H and O–H groups in total. The third-order valence-corrected chi connectivity index (χ3v) is 3.32. The van der Waals surface area contributed by atoms with Crippen LogP contribution in [0.2, 0.25) is 0 Å². The first-order chi connectivity index (χ1) is 10.3. The van der Waals surface area contributed by atoms with E-state index < -0.39 is 0 Å². The standard InChI is InChI=1S/C18H24N2O/c1-3-15-9-11-16(12-10-15)19-13-14-20-17-7-5-6-8-18(17)21-4-2/h5-12,19-20H,3-4,13-14H2,1-2H3. The normalized spacial score (nSPS) is 10.2. The zero-order valence-corrected chi connectivity index (χ0v) is 12.9. The van der Waals surface area contributed by atoms with Crippen molar-refractivity contribution in [2.24, 2.45) is 0 Å². The average Bonchev–Trinajstić information content (AvgIpc) is 2.54. The van der Waals surface area contributed by atoms with Crippen LogP contribution >= 0.6 is 0 Å². The molecular formula is C18H24N2O. The van der Waals surface area contributed by atoms with Crippen molar-refractivity contribution in [2.75, 3.05) is 30.3 Å². The molecule has 0 saturated carbocycles. The Labute approximate surface area is 127 Å². The number of anilines is 2. The van der Waals surface area contributed by atoms with Crippen molar-refractivity contribution in [2.45, 2.75) is 20.3 Å². The van der Waals surface area contributed by atoms with Gasteiger partial charge in [0.1, 0.15) is 5.75 Å². The van der Waals surface area contributed by atoms with Crippen LogP contribution < -0.4 is 15.4 Å². The molecule has 0 aliphatic rings. The summed E-state index contributed by atoms with van der Waals surface area (Å²) >= 11 is 0. The first kappa shape index (κ1) is 15.2. The van der Waals surface area contributed by atoms with E-state index in [1.165, 1.54) is 5.56 Å². The van der Waals surface area contributed by atoms with Crippen LogP contribution in [0.3, 0.4) is 0 Å². The van der Waals surface area contributed by atoms with E-state index in [1.54, 1.807) is 0 Å². The second kappa shape index (κ2) is 8.20. The van der Waals surface area contributed by atoms with Crippen LogP contribution in [-0.2, 0) is 6.42 Å². The first-order valence-corrected chi connectivity index (χ1v) is 7.62. The van der Waals surface area contributed by atoms with Gasteiger partial charge >= 0.3 is 0 Å². The van der Waals surface area contributed by atoms with Crippen LogP contribution in [0.1, 0.15) is 19.4 Å². The van der Waals surface area contributed by atoms with Crippen LogP contribution in [0, 0.1) is 0 Å². The maximum Gasteiger partial charge on any atom is 0.142 e. The van der Waals surface area contributed by atoms with E-state index in [4.69, 9.17) is 4.74 Å². The topological polar surface area (TPSA) is 33.3 Å². The van der Waals surface area contributed by atoms with Crippen LogP contribution in [-0.4, -0.2) is 19.7 Å². The zero-order valence-electron chi connectivity index (χ0n) is 12.9. The fourth-order valence-electron chi connectivity index (χ4n) is 2.16. The van der Waals surface area contributed by atoms with Gasteiger partial charge in [0, 0.05) is 18.8 Å². The molecule has 3 nitrogen and oxygen atoms in total. The number of hydrogen-bond donors (Lipinski definition) is 2. The van der Waals surface area contributed by atoms with Gasteiger partial charge < -0.3 is 15.4 Å². The number of rotatable bonds is 8. The lowest BCUT2D eigenvalue weighted by atomic mass is 10.1. The van der Waals surface area contributed by atoms with Crippen molar-refractivity contribution < 1.29 is 4.74 Å².